The molecule has 32 heavy (non-hydrogen) atoms. The normalized spacial score (nSPS) is 10.6. The van der Waals surface area contributed by atoms with Crippen LogP contribution in [0.25, 0.3) is 0 Å². The van der Waals surface area contributed by atoms with Gasteiger partial charge in [0.1, 0.15) is 5.75 Å². The van der Waals surface area contributed by atoms with Crippen molar-refractivity contribution in [1.82, 2.24) is 10.7 Å². The lowest BCUT2D eigenvalue weighted by Crippen LogP contribution is -2.34. The Morgan fingerprint density at radius 1 is 0.938 bits per heavy atom. The predicted molar refractivity (Wildman–Crippen MR) is 122 cm³/mol. The first-order chi connectivity index (χ1) is 15.4. The van der Waals surface area contributed by atoms with Crippen molar-refractivity contribution >= 4 is 47.2 Å². The summed E-state index contributed by atoms with van der Waals surface area (Å²) < 4.78 is 5.29. The summed E-state index contributed by atoms with van der Waals surface area (Å²) in [5.74, 6) is -1.15. The highest BCUT2D eigenvalue weighted by Crippen LogP contribution is 2.19. The number of hydrogen-bond acceptors (Lipinski definition) is 5. The number of nitrogens with zero attached hydrogens (tertiary/aromatic N) is 1. The molecule has 0 unspecified atom stereocenters. The summed E-state index contributed by atoms with van der Waals surface area (Å²) in [4.78, 5) is 36.0. The number of rotatable bonds is 7. The van der Waals surface area contributed by atoms with Crippen molar-refractivity contribution in [3.05, 3.63) is 99.5 Å². The Morgan fingerprint density at radius 3 is 2.41 bits per heavy atom. The average Bonchev–Trinajstić information content (AvgIpc) is 2.79. The van der Waals surface area contributed by atoms with Crippen LogP contribution in [0.1, 0.15) is 26.3 Å². The summed E-state index contributed by atoms with van der Waals surface area (Å²) >= 11 is 11.8. The molecule has 3 aromatic carbocycles. The van der Waals surface area contributed by atoms with Crippen LogP contribution < -0.4 is 15.5 Å². The Balaban J connectivity index is 1.46. The lowest BCUT2D eigenvalue weighted by Gasteiger charge is -2.06. The maximum Gasteiger partial charge on any atom is 0.345 e. The highest BCUT2D eigenvalue weighted by molar-refractivity contribution is 6.33. The molecule has 0 bridgehead atoms. The van der Waals surface area contributed by atoms with E-state index in [0.717, 1.165) is 0 Å². The maximum atomic E-state index is 12.2. The number of amides is 2. The minimum absolute atomic E-state index is 0.250. The van der Waals surface area contributed by atoms with E-state index in [-0.39, 0.29) is 12.1 Å². The molecule has 0 saturated carbocycles. The monoisotopic (exact) mass is 469 g/mol. The minimum Gasteiger partial charge on any atom is -0.423 e. The van der Waals surface area contributed by atoms with Crippen LogP contribution >= 0.6 is 23.2 Å². The average molecular weight is 470 g/mol. The van der Waals surface area contributed by atoms with Gasteiger partial charge in [0.25, 0.3) is 11.8 Å². The molecule has 7 nitrogen and oxygen atoms in total. The number of hydrogen-bond donors (Lipinski definition) is 2. The highest BCUT2D eigenvalue weighted by atomic mass is 35.5. The fraction of sp³-hybridized carbons (Fsp3) is 0.0435. The summed E-state index contributed by atoms with van der Waals surface area (Å²) in [5.41, 5.74) is 3.59. The van der Waals surface area contributed by atoms with Crippen molar-refractivity contribution in [2.24, 2.45) is 5.10 Å². The lowest BCUT2D eigenvalue weighted by molar-refractivity contribution is -0.120. The number of hydrazone groups is 1. The number of halogens is 2. The zero-order chi connectivity index (χ0) is 22.9. The summed E-state index contributed by atoms with van der Waals surface area (Å²) in [6.07, 6.45) is 1.41. The van der Waals surface area contributed by atoms with Gasteiger partial charge in [-0.1, -0.05) is 41.4 Å². The number of carbonyl (C=O) groups excluding carboxylic acids is 3. The van der Waals surface area contributed by atoms with E-state index >= 15 is 0 Å². The molecule has 0 aliphatic carbocycles. The van der Waals surface area contributed by atoms with Crippen LogP contribution in [0.4, 0.5) is 0 Å². The second kappa shape index (κ2) is 11.1. The van der Waals surface area contributed by atoms with Crippen molar-refractivity contribution < 1.29 is 19.1 Å². The Labute approximate surface area is 194 Å². The molecular formula is C23H17Cl2N3O4. The molecule has 0 saturated heterocycles. The van der Waals surface area contributed by atoms with Crippen LogP contribution in [0, 0.1) is 0 Å². The van der Waals surface area contributed by atoms with Gasteiger partial charge in [-0.05, 0) is 60.2 Å². The first-order valence-electron chi connectivity index (χ1n) is 9.35. The number of nitrogens with one attached hydrogen (secondary N) is 2. The van der Waals surface area contributed by atoms with Crippen LogP contribution in [0.5, 0.6) is 5.75 Å². The largest absolute Gasteiger partial charge is 0.423 e. The van der Waals surface area contributed by atoms with Gasteiger partial charge in [0.2, 0.25) is 0 Å². The smallest absolute Gasteiger partial charge is 0.345 e. The third-order valence-electron chi connectivity index (χ3n) is 4.08. The molecule has 0 heterocycles. The lowest BCUT2D eigenvalue weighted by atomic mass is 10.2. The van der Waals surface area contributed by atoms with E-state index in [0.29, 0.717) is 26.9 Å². The van der Waals surface area contributed by atoms with Gasteiger partial charge in [0.05, 0.1) is 23.3 Å². The van der Waals surface area contributed by atoms with E-state index < -0.39 is 17.8 Å². The second-order valence-electron chi connectivity index (χ2n) is 6.42. The summed E-state index contributed by atoms with van der Waals surface area (Å²) in [6, 6.07) is 19.5. The molecule has 0 fully saturated rings. The van der Waals surface area contributed by atoms with Crippen LogP contribution in [0.3, 0.4) is 0 Å². The third kappa shape index (κ3) is 6.66. The summed E-state index contributed by atoms with van der Waals surface area (Å²) in [7, 11) is 0. The third-order valence-corrected chi connectivity index (χ3v) is 4.65. The van der Waals surface area contributed by atoms with Crippen molar-refractivity contribution in [3.8, 4) is 5.75 Å². The number of benzene rings is 3. The van der Waals surface area contributed by atoms with Gasteiger partial charge in [0.15, 0.2) is 0 Å². The van der Waals surface area contributed by atoms with Gasteiger partial charge >= 0.3 is 5.97 Å². The Kier molecular flexibility index (Phi) is 7.96. The maximum absolute atomic E-state index is 12.2. The molecule has 0 atom stereocenters. The fourth-order valence-corrected chi connectivity index (χ4v) is 2.92. The van der Waals surface area contributed by atoms with Crippen LogP contribution in [-0.4, -0.2) is 30.5 Å². The van der Waals surface area contributed by atoms with Crippen LogP contribution in [0.15, 0.2) is 77.9 Å². The second-order valence-corrected chi connectivity index (χ2v) is 7.27. The first-order valence-corrected chi connectivity index (χ1v) is 10.1. The van der Waals surface area contributed by atoms with Gasteiger partial charge in [-0.25, -0.2) is 10.2 Å². The van der Waals surface area contributed by atoms with Crippen LogP contribution in [0.2, 0.25) is 10.0 Å². The van der Waals surface area contributed by atoms with E-state index in [4.69, 9.17) is 27.9 Å². The molecule has 2 amide bonds. The van der Waals surface area contributed by atoms with Crippen molar-refractivity contribution in [2.45, 2.75) is 0 Å². The Bertz CT molecular complexity index is 1160. The zero-order valence-electron chi connectivity index (χ0n) is 16.5. The van der Waals surface area contributed by atoms with E-state index in [2.05, 4.69) is 15.8 Å². The van der Waals surface area contributed by atoms with E-state index in [1.54, 1.807) is 66.7 Å². The molecular weight excluding hydrogens is 453 g/mol. The number of ether oxygens (including phenoxy) is 1. The van der Waals surface area contributed by atoms with E-state index in [1.807, 2.05) is 0 Å². The predicted octanol–water partition coefficient (Wildman–Crippen LogP) is 4.09. The molecule has 0 aliphatic heterocycles. The van der Waals surface area contributed by atoms with Gasteiger partial charge in [-0.2, -0.15) is 5.10 Å². The van der Waals surface area contributed by atoms with Gasteiger partial charge in [0, 0.05) is 10.6 Å². The van der Waals surface area contributed by atoms with E-state index in [1.165, 1.54) is 12.3 Å². The molecule has 2 N–H and O–H groups in total. The first kappa shape index (κ1) is 23.0. The molecule has 3 rings (SSSR count). The Morgan fingerprint density at radius 2 is 1.69 bits per heavy atom. The molecule has 0 aromatic heterocycles. The Hall–Kier alpha value is -3.68. The molecule has 162 valence electrons. The van der Waals surface area contributed by atoms with Gasteiger partial charge in [-0.3, -0.25) is 9.59 Å². The van der Waals surface area contributed by atoms with E-state index in [9.17, 15) is 14.4 Å². The zero-order valence-corrected chi connectivity index (χ0v) is 18.1. The molecule has 9 heteroatoms. The molecule has 0 radical (unpaired) electrons. The number of carbonyl (C=O) groups is 3. The SMILES string of the molecule is O=C(CNC(=O)c1cccc(Cl)c1)N/N=C/c1ccc(OC(=O)c2ccccc2Cl)cc1. The van der Waals surface area contributed by atoms with Gasteiger partial charge in [-0.15, -0.1) is 0 Å². The summed E-state index contributed by atoms with van der Waals surface area (Å²) in [5, 5.41) is 7.04. The van der Waals surface area contributed by atoms with Gasteiger partial charge < -0.3 is 10.1 Å². The van der Waals surface area contributed by atoms with Crippen molar-refractivity contribution in [2.75, 3.05) is 6.54 Å². The molecule has 0 spiro atoms. The molecule has 0 aliphatic rings. The fourth-order valence-electron chi connectivity index (χ4n) is 2.52. The quantitative estimate of drug-likeness (QED) is 0.235. The van der Waals surface area contributed by atoms with Crippen LogP contribution in [-0.2, 0) is 4.79 Å². The minimum atomic E-state index is -0.566. The van der Waals surface area contributed by atoms with Crippen molar-refractivity contribution in [1.29, 1.82) is 0 Å². The number of esters is 1. The highest BCUT2D eigenvalue weighted by Gasteiger charge is 2.12. The summed E-state index contributed by atoms with van der Waals surface area (Å²) in [6.45, 7) is -0.250. The topological polar surface area (TPSA) is 96.9 Å². The van der Waals surface area contributed by atoms with Crippen molar-refractivity contribution in [3.63, 3.8) is 0 Å². The molecule has 3 aromatic rings. The standard InChI is InChI=1S/C23H17Cl2N3O4/c24-17-5-3-4-16(12-17)22(30)26-14-21(29)28-27-13-15-8-10-18(11-9-15)32-23(31)19-6-1-2-7-20(19)25/h1-13H,14H2,(H,26,30)(H,28,29)/b27-13+.